The summed E-state index contributed by atoms with van der Waals surface area (Å²) in [6, 6.07) is 13.0. The molecule has 0 bridgehead atoms. The number of nitrogens with one attached hydrogen (secondary N) is 1. The van der Waals surface area contributed by atoms with Gasteiger partial charge in [-0.05, 0) is 59.3 Å². The molecule has 0 saturated carbocycles. The number of alkyl halides is 3. The van der Waals surface area contributed by atoms with Gasteiger partial charge in [0.15, 0.2) is 0 Å². The van der Waals surface area contributed by atoms with E-state index < -0.39 is 11.7 Å². The fraction of sp³-hybridized carbons (Fsp3) is 0.200. The average Bonchev–Trinajstić information content (AvgIpc) is 2.38. The Bertz CT molecular complexity index is 578. The van der Waals surface area contributed by atoms with E-state index in [1.165, 1.54) is 12.1 Å². The number of hydrogen-bond donors (Lipinski definition) is 1. The summed E-state index contributed by atoms with van der Waals surface area (Å²) in [6.45, 7) is 1.84. The molecule has 0 aliphatic rings. The van der Waals surface area contributed by atoms with Crippen LogP contribution in [0.25, 0.3) is 0 Å². The van der Waals surface area contributed by atoms with E-state index in [2.05, 4.69) is 27.9 Å². The Morgan fingerprint density at radius 3 is 2.20 bits per heavy atom. The van der Waals surface area contributed by atoms with Gasteiger partial charge in [-0.3, -0.25) is 0 Å². The molecular weight excluding hydrogens is 378 g/mol. The number of para-hydroxylation sites is 1. The van der Waals surface area contributed by atoms with Gasteiger partial charge >= 0.3 is 6.18 Å². The molecule has 2 aromatic rings. The molecule has 1 nitrogen and oxygen atoms in total. The maximum absolute atomic E-state index is 12.9. The van der Waals surface area contributed by atoms with E-state index in [9.17, 15) is 13.2 Å². The van der Waals surface area contributed by atoms with E-state index in [1.54, 1.807) is 6.07 Å². The van der Waals surface area contributed by atoms with Gasteiger partial charge in [-0.15, -0.1) is 0 Å². The molecule has 0 fully saturated rings. The summed E-state index contributed by atoms with van der Waals surface area (Å²) < 4.78 is 39.8. The van der Waals surface area contributed by atoms with E-state index in [4.69, 9.17) is 0 Å². The van der Waals surface area contributed by atoms with Gasteiger partial charge in [0.05, 0.1) is 5.56 Å². The zero-order valence-corrected chi connectivity index (χ0v) is 12.9. The third-order valence-electron chi connectivity index (χ3n) is 2.97. The molecule has 0 radical (unpaired) electrons. The predicted molar refractivity (Wildman–Crippen MR) is 82.6 cm³/mol. The van der Waals surface area contributed by atoms with Crippen molar-refractivity contribution in [1.29, 1.82) is 0 Å². The molecule has 1 N–H and O–H groups in total. The molecule has 0 aliphatic heterocycles. The van der Waals surface area contributed by atoms with Crippen LogP contribution in [0.4, 0.5) is 18.9 Å². The third-order valence-corrected chi connectivity index (χ3v) is 3.69. The van der Waals surface area contributed by atoms with Gasteiger partial charge in [0.25, 0.3) is 0 Å². The molecule has 0 heterocycles. The van der Waals surface area contributed by atoms with Gasteiger partial charge in [-0.2, -0.15) is 13.2 Å². The number of benzene rings is 2. The lowest BCUT2D eigenvalue weighted by molar-refractivity contribution is -0.137. The molecule has 0 spiro atoms. The Morgan fingerprint density at radius 2 is 1.60 bits per heavy atom. The van der Waals surface area contributed by atoms with Crippen LogP contribution in [0.3, 0.4) is 0 Å². The van der Waals surface area contributed by atoms with Crippen molar-refractivity contribution >= 4 is 28.3 Å². The van der Waals surface area contributed by atoms with Crippen LogP contribution in [-0.4, -0.2) is 0 Å². The summed E-state index contributed by atoms with van der Waals surface area (Å²) in [5, 5.41) is 2.93. The zero-order valence-electron chi connectivity index (χ0n) is 10.7. The molecule has 0 amide bonds. The Balaban J connectivity index is 2.24. The minimum absolute atomic E-state index is 0.103. The van der Waals surface area contributed by atoms with E-state index in [0.29, 0.717) is 0 Å². The van der Waals surface area contributed by atoms with Crippen LogP contribution in [0.5, 0.6) is 0 Å². The minimum atomic E-state index is -4.35. The molecular formula is C15H13F3IN. The van der Waals surface area contributed by atoms with Crippen LogP contribution < -0.4 is 5.32 Å². The van der Waals surface area contributed by atoms with Crippen LogP contribution in [0.15, 0.2) is 48.5 Å². The number of hydrogen-bond acceptors (Lipinski definition) is 1. The van der Waals surface area contributed by atoms with Crippen LogP contribution in [0, 0.1) is 3.57 Å². The smallest absolute Gasteiger partial charge is 0.378 e. The summed E-state index contributed by atoms with van der Waals surface area (Å²) in [5.74, 6) is 0. The first-order valence-corrected chi connectivity index (χ1v) is 7.14. The first-order chi connectivity index (χ1) is 9.38. The topological polar surface area (TPSA) is 12.0 Å². The largest absolute Gasteiger partial charge is 0.418 e. The number of halogens is 4. The zero-order chi connectivity index (χ0) is 14.8. The molecule has 5 heteroatoms. The summed E-state index contributed by atoms with van der Waals surface area (Å²) >= 11 is 2.19. The molecule has 0 aliphatic carbocycles. The van der Waals surface area contributed by atoms with Gasteiger partial charge in [0.2, 0.25) is 0 Å². The molecule has 2 aromatic carbocycles. The van der Waals surface area contributed by atoms with Crippen LogP contribution in [0.1, 0.15) is 24.1 Å². The lowest BCUT2D eigenvalue weighted by Crippen LogP contribution is -2.13. The van der Waals surface area contributed by atoms with Crippen LogP contribution in [0.2, 0.25) is 0 Å². The second kappa shape index (κ2) is 6.03. The van der Waals surface area contributed by atoms with Crippen molar-refractivity contribution in [2.45, 2.75) is 19.1 Å². The van der Waals surface area contributed by atoms with Crippen molar-refractivity contribution in [2.75, 3.05) is 5.32 Å². The SMILES string of the molecule is CC(Nc1ccccc1C(F)(F)F)c1ccc(I)cc1. The Labute approximate surface area is 129 Å². The quantitative estimate of drug-likeness (QED) is 0.683. The summed E-state index contributed by atoms with van der Waals surface area (Å²) in [5.41, 5.74) is 0.408. The van der Waals surface area contributed by atoms with Crippen molar-refractivity contribution < 1.29 is 13.2 Å². The normalized spacial score (nSPS) is 13.1. The van der Waals surface area contributed by atoms with Crippen molar-refractivity contribution in [3.63, 3.8) is 0 Å². The van der Waals surface area contributed by atoms with E-state index in [1.807, 2.05) is 31.2 Å². The highest BCUT2D eigenvalue weighted by Crippen LogP contribution is 2.35. The predicted octanol–water partition coefficient (Wildman–Crippen LogP) is 5.48. The Hall–Kier alpha value is -1.24. The average molecular weight is 391 g/mol. The van der Waals surface area contributed by atoms with Crippen LogP contribution in [-0.2, 0) is 6.18 Å². The lowest BCUT2D eigenvalue weighted by atomic mass is 10.1. The fourth-order valence-corrected chi connectivity index (χ4v) is 2.28. The van der Waals surface area contributed by atoms with Crippen molar-refractivity contribution in [3.05, 3.63) is 63.2 Å². The Morgan fingerprint density at radius 1 is 1.00 bits per heavy atom. The first-order valence-electron chi connectivity index (χ1n) is 6.06. The molecule has 0 aromatic heterocycles. The van der Waals surface area contributed by atoms with E-state index in [0.717, 1.165) is 15.2 Å². The molecule has 20 heavy (non-hydrogen) atoms. The van der Waals surface area contributed by atoms with Gasteiger partial charge in [0.1, 0.15) is 0 Å². The molecule has 1 atom stereocenters. The van der Waals surface area contributed by atoms with Gasteiger partial charge in [-0.25, -0.2) is 0 Å². The second-order valence-electron chi connectivity index (χ2n) is 4.46. The van der Waals surface area contributed by atoms with Gasteiger partial charge in [-0.1, -0.05) is 24.3 Å². The molecule has 0 saturated heterocycles. The second-order valence-corrected chi connectivity index (χ2v) is 5.71. The molecule has 2 rings (SSSR count). The third kappa shape index (κ3) is 3.65. The molecule has 1 unspecified atom stereocenters. The van der Waals surface area contributed by atoms with Crippen molar-refractivity contribution in [3.8, 4) is 0 Å². The highest BCUT2D eigenvalue weighted by Gasteiger charge is 2.33. The lowest BCUT2D eigenvalue weighted by Gasteiger charge is -2.19. The number of rotatable bonds is 3. The monoisotopic (exact) mass is 391 g/mol. The molecule has 106 valence electrons. The summed E-state index contributed by atoms with van der Waals surface area (Å²) in [6.07, 6.45) is -4.35. The Kier molecular flexibility index (Phi) is 4.57. The van der Waals surface area contributed by atoms with Crippen molar-refractivity contribution in [2.24, 2.45) is 0 Å². The van der Waals surface area contributed by atoms with E-state index in [-0.39, 0.29) is 11.7 Å². The van der Waals surface area contributed by atoms with Gasteiger partial charge in [0, 0.05) is 15.3 Å². The standard InChI is InChI=1S/C15H13F3IN/c1-10(11-6-8-12(19)9-7-11)20-14-5-3-2-4-13(14)15(16,17)18/h2-10,20H,1H3. The summed E-state index contributed by atoms with van der Waals surface area (Å²) in [7, 11) is 0. The van der Waals surface area contributed by atoms with Gasteiger partial charge < -0.3 is 5.32 Å². The fourth-order valence-electron chi connectivity index (χ4n) is 1.92. The van der Waals surface area contributed by atoms with E-state index >= 15 is 0 Å². The first kappa shape index (κ1) is 15.2. The van der Waals surface area contributed by atoms with Crippen LogP contribution >= 0.6 is 22.6 Å². The number of anilines is 1. The maximum Gasteiger partial charge on any atom is 0.418 e. The highest BCUT2D eigenvalue weighted by molar-refractivity contribution is 14.1. The maximum atomic E-state index is 12.9. The highest BCUT2D eigenvalue weighted by atomic mass is 127. The van der Waals surface area contributed by atoms with Crippen molar-refractivity contribution in [1.82, 2.24) is 0 Å². The minimum Gasteiger partial charge on any atom is -0.378 e. The summed E-state index contributed by atoms with van der Waals surface area (Å²) in [4.78, 5) is 0.